The van der Waals surface area contributed by atoms with Gasteiger partial charge in [0, 0.05) is 69.4 Å². The Hall–Kier alpha value is -5.01. The fourth-order valence-corrected chi connectivity index (χ4v) is 6.48. The third-order valence-electron chi connectivity index (χ3n) is 8.43. The molecule has 0 amide bonds. The Kier molecular flexibility index (Phi) is 18.5. The molecule has 0 N–H and O–H groups in total. The van der Waals surface area contributed by atoms with Crippen LogP contribution in [0.4, 0.5) is 0 Å². The number of ether oxygens (including phenoxy) is 15. The van der Waals surface area contributed by atoms with E-state index in [2.05, 4.69) is 0 Å². The topological polar surface area (TPSA) is 292 Å². The summed E-state index contributed by atoms with van der Waals surface area (Å²) in [6.45, 7) is 7.61. The first kappa shape index (κ1) is 49.4. The second-order valence-electron chi connectivity index (χ2n) is 13.4. The molecule has 0 saturated carbocycles. The number of methoxy groups -OCH3 is 1. The fraction of sp³-hybridized carbons (Fsp3) is 0.750. The predicted molar refractivity (Wildman–Crippen MR) is 186 cm³/mol. The van der Waals surface area contributed by atoms with Crippen LogP contribution in [0.5, 0.6) is 0 Å². The highest BCUT2D eigenvalue weighted by Gasteiger charge is 2.59. The van der Waals surface area contributed by atoms with E-state index in [1.807, 2.05) is 0 Å². The second-order valence-corrected chi connectivity index (χ2v) is 13.4. The monoisotopic (exact) mass is 866 g/mol. The third-order valence-corrected chi connectivity index (χ3v) is 8.43. The van der Waals surface area contributed by atoms with Crippen molar-refractivity contribution in [2.45, 2.75) is 148 Å². The van der Waals surface area contributed by atoms with Gasteiger partial charge in [-0.2, -0.15) is 0 Å². The molecule has 24 nitrogen and oxygen atoms in total. The lowest BCUT2D eigenvalue weighted by Crippen LogP contribution is -2.68. The maximum absolute atomic E-state index is 12.9. The average Bonchev–Trinajstić information content (AvgIpc) is 3.11. The van der Waals surface area contributed by atoms with Crippen molar-refractivity contribution < 1.29 is 114 Å². The van der Waals surface area contributed by atoms with Gasteiger partial charge < -0.3 is 71.1 Å². The molecule has 3 rings (SSSR count). The summed E-state index contributed by atoms with van der Waals surface area (Å²) >= 11 is 0. The summed E-state index contributed by atoms with van der Waals surface area (Å²) < 4.78 is 85.0. The van der Waals surface area contributed by atoms with Crippen LogP contribution < -0.4 is 0 Å². The van der Waals surface area contributed by atoms with Gasteiger partial charge in [-0.1, -0.05) is 0 Å². The molecule has 60 heavy (non-hydrogen) atoms. The molecular weight excluding hydrogens is 816 g/mol. The van der Waals surface area contributed by atoms with Crippen LogP contribution in [0, 0.1) is 0 Å². The van der Waals surface area contributed by atoms with E-state index in [9.17, 15) is 43.2 Å². The van der Waals surface area contributed by atoms with E-state index in [-0.39, 0.29) is 0 Å². The lowest BCUT2D eigenvalue weighted by Gasteiger charge is -2.50. The normalized spacial score (nSPS) is 32.5. The Balaban J connectivity index is 2.27. The zero-order valence-corrected chi connectivity index (χ0v) is 34.5. The first-order chi connectivity index (χ1) is 28.1. The van der Waals surface area contributed by atoms with Crippen molar-refractivity contribution in [3.05, 3.63) is 0 Å². The van der Waals surface area contributed by atoms with Crippen LogP contribution in [0.2, 0.25) is 0 Å². The summed E-state index contributed by atoms with van der Waals surface area (Å²) in [5, 5.41) is 0. The lowest BCUT2D eigenvalue weighted by atomic mass is 9.95. The highest BCUT2D eigenvalue weighted by atomic mass is 16.8. The van der Waals surface area contributed by atoms with Gasteiger partial charge in [0.25, 0.3) is 0 Å². The van der Waals surface area contributed by atoms with Gasteiger partial charge in [0.05, 0.1) is 6.61 Å². The second kappa shape index (κ2) is 22.6. The number of carbonyl (C=O) groups is 9. The zero-order chi connectivity index (χ0) is 45.0. The Morgan fingerprint density at radius 1 is 0.400 bits per heavy atom. The Morgan fingerprint density at radius 3 is 1.17 bits per heavy atom. The van der Waals surface area contributed by atoms with E-state index in [4.69, 9.17) is 71.1 Å². The van der Waals surface area contributed by atoms with E-state index in [1.54, 1.807) is 0 Å². The highest BCUT2D eigenvalue weighted by molar-refractivity contribution is 5.69. The molecule has 3 fully saturated rings. The first-order valence-corrected chi connectivity index (χ1v) is 18.3. The number of rotatable bonds is 16. The van der Waals surface area contributed by atoms with Crippen LogP contribution in [0.3, 0.4) is 0 Å². The van der Waals surface area contributed by atoms with Crippen LogP contribution >= 0.6 is 0 Å². The van der Waals surface area contributed by atoms with Gasteiger partial charge in [0.2, 0.25) is 6.29 Å². The van der Waals surface area contributed by atoms with Crippen molar-refractivity contribution in [2.75, 3.05) is 26.9 Å². The van der Waals surface area contributed by atoms with Crippen LogP contribution in [-0.4, -0.2) is 167 Å². The fourth-order valence-electron chi connectivity index (χ4n) is 6.48. The average molecular weight is 867 g/mol. The molecule has 0 aromatic rings. The van der Waals surface area contributed by atoms with Gasteiger partial charge in [-0.3, -0.25) is 43.2 Å². The third kappa shape index (κ3) is 14.3. The van der Waals surface area contributed by atoms with Gasteiger partial charge >= 0.3 is 53.7 Å². The minimum Gasteiger partial charge on any atom is -0.463 e. The summed E-state index contributed by atoms with van der Waals surface area (Å²) in [6.07, 6.45) is -23.1. The van der Waals surface area contributed by atoms with Gasteiger partial charge in [-0.05, 0) is 0 Å². The number of esters is 9. The Morgan fingerprint density at radius 2 is 0.767 bits per heavy atom. The smallest absolute Gasteiger partial charge is 0.305 e. The molecule has 3 saturated heterocycles. The molecule has 3 aliphatic heterocycles. The molecule has 0 radical (unpaired) electrons. The minimum atomic E-state index is -1.97. The number of hydrogen-bond donors (Lipinski definition) is 0. The molecule has 14 unspecified atom stereocenters. The lowest BCUT2D eigenvalue weighted by molar-refractivity contribution is -0.379. The Labute approximate surface area is 343 Å². The standard InChI is InChI=1S/C36H50O24/c1-14(37)47-11-24-26(51-17(4)40)29(46-10)32(54-20(7)43)35(57-24)59-30-27(52-18(5)41)25(12-48-15(2)38)58-36(33(30)55-21(8)44)60-31-28(53-19(6)42)23(50-16(3)39)13-49-34(31)56-22(9)45/h23-36H,11-13H2,1-10H3. The van der Waals surface area contributed by atoms with Gasteiger partial charge in [0.15, 0.2) is 55.3 Å². The molecule has 3 heterocycles. The van der Waals surface area contributed by atoms with Crippen molar-refractivity contribution in [1.29, 1.82) is 0 Å². The maximum Gasteiger partial charge on any atom is 0.305 e. The molecule has 3 aliphatic rings. The van der Waals surface area contributed by atoms with E-state index in [0.717, 1.165) is 62.3 Å². The number of carbonyl (C=O) groups excluding carboxylic acids is 9. The van der Waals surface area contributed by atoms with E-state index >= 15 is 0 Å². The summed E-state index contributed by atoms with van der Waals surface area (Å²) in [5.41, 5.74) is 0. The molecular formula is C36H50O24. The van der Waals surface area contributed by atoms with E-state index in [1.165, 1.54) is 7.11 Å². The van der Waals surface area contributed by atoms with Crippen LogP contribution in [0.25, 0.3) is 0 Å². The zero-order valence-electron chi connectivity index (χ0n) is 34.5. The van der Waals surface area contributed by atoms with Gasteiger partial charge in [0.1, 0.15) is 37.6 Å². The van der Waals surface area contributed by atoms with E-state index in [0.29, 0.717) is 0 Å². The summed E-state index contributed by atoms with van der Waals surface area (Å²) in [4.78, 5) is 111. The quantitative estimate of drug-likeness (QED) is 0.131. The number of hydrogen-bond acceptors (Lipinski definition) is 24. The SMILES string of the molecule is COC1C(OC(C)=O)C(COC(C)=O)OC(OC2C(OC(C)=O)C(COC(C)=O)OC(OC3C(OC(C)=O)OCC(OC(C)=O)C3OC(C)=O)C2OC(C)=O)C1OC(C)=O. The molecule has 0 aromatic heterocycles. The summed E-state index contributed by atoms with van der Waals surface area (Å²) in [5.74, 6) is -7.96. The Bertz CT molecular complexity index is 1580. The van der Waals surface area contributed by atoms with Gasteiger partial charge in [-0.25, -0.2) is 0 Å². The van der Waals surface area contributed by atoms with Crippen molar-refractivity contribution in [3.8, 4) is 0 Å². The molecule has 24 heteroatoms. The van der Waals surface area contributed by atoms with Crippen LogP contribution in [0.15, 0.2) is 0 Å². The molecule has 0 spiro atoms. The van der Waals surface area contributed by atoms with Crippen LogP contribution in [-0.2, 0) is 114 Å². The van der Waals surface area contributed by atoms with E-state index < -0.39 is 160 Å². The first-order valence-electron chi connectivity index (χ1n) is 18.3. The van der Waals surface area contributed by atoms with Crippen molar-refractivity contribution in [3.63, 3.8) is 0 Å². The van der Waals surface area contributed by atoms with Crippen molar-refractivity contribution >= 4 is 53.7 Å². The highest BCUT2D eigenvalue weighted by Crippen LogP contribution is 2.37. The van der Waals surface area contributed by atoms with Gasteiger partial charge in [-0.15, -0.1) is 0 Å². The van der Waals surface area contributed by atoms with Crippen molar-refractivity contribution in [1.82, 2.24) is 0 Å². The maximum atomic E-state index is 12.9. The largest absolute Gasteiger partial charge is 0.463 e. The molecule has 0 bridgehead atoms. The summed E-state index contributed by atoms with van der Waals surface area (Å²) in [7, 11) is 1.17. The minimum absolute atomic E-state index is 0.469. The molecule has 0 aromatic carbocycles. The van der Waals surface area contributed by atoms with Crippen LogP contribution in [0.1, 0.15) is 62.3 Å². The molecule has 338 valence electrons. The molecule has 0 aliphatic carbocycles. The van der Waals surface area contributed by atoms with Crippen molar-refractivity contribution in [2.24, 2.45) is 0 Å². The summed E-state index contributed by atoms with van der Waals surface area (Å²) in [6, 6.07) is 0. The predicted octanol–water partition coefficient (Wildman–Crippen LogP) is -1.14. The molecule has 14 atom stereocenters.